The number of allylic oxidation sites excluding steroid dienone is 3. The maximum atomic E-state index is 11.4. The highest BCUT2D eigenvalue weighted by Crippen LogP contribution is 2.26. The lowest BCUT2D eigenvalue weighted by Gasteiger charge is -2.25. The molecule has 0 spiro atoms. The molecule has 1 N–H and O–H groups in total. The number of fused-ring (bicyclic) bond motifs is 1. The fourth-order valence-electron chi connectivity index (χ4n) is 1.91. The van der Waals surface area contributed by atoms with E-state index in [9.17, 15) is 9.59 Å². The molecule has 0 radical (unpaired) electrons. The van der Waals surface area contributed by atoms with E-state index in [1.807, 2.05) is 13.0 Å². The first-order valence-corrected chi connectivity index (χ1v) is 5.74. The van der Waals surface area contributed by atoms with Crippen LogP contribution in [0.4, 0.5) is 4.79 Å². The largest absolute Gasteiger partial charge is 0.448 e. The van der Waals surface area contributed by atoms with Gasteiger partial charge in [0.2, 0.25) is 5.91 Å². The molecule has 1 heterocycles. The molecule has 2 amide bonds. The highest BCUT2D eigenvalue weighted by atomic mass is 16.5. The first-order chi connectivity index (χ1) is 8.60. The summed E-state index contributed by atoms with van der Waals surface area (Å²) in [5, 5.41) is 2.75. The van der Waals surface area contributed by atoms with E-state index in [4.69, 9.17) is 4.74 Å². The molecule has 0 fully saturated rings. The predicted molar refractivity (Wildman–Crippen MR) is 67.1 cm³/mol. The molecule has 1 aliphatic heterocycles. The second-order valence-electron chi connectivity index (χ2n) is 4.05. The Balaban J connectivity index is 2.22. The second-order valence-corrected chi connectivity index (χ2v) is 4.05. The van der Waals surface area contributed by atoms with Crippen molar-refractivity contribution >= 4 is 17.7 Å². The SMILES string of the molecule is CCOC(=O)/N=C1\C=CC2C(C)=CC(=O)NC2=C1. The molecule has 1 aliphatic carbocycles. The Bertz CT molecular complexity index is 512. The summed E-state index contributed by atoms with van der Waals surface area (Å²) >= 11 is 0. The number of amides is 2. The average Bonchev–Trinajstić information content (AvgIpc) is 2.28. The minimum absolute atomic E-state index is 0.0591. The van der Waals surface area contributed by atoms with Gasteiger partial charge in [-0.25, -0.2) is 4.79 Å². The molecule has 1 atom stereocenters. The summed E-state index contributed by atoms with van der Waals surface area (Å²) in [6.45, 7) is 3.91. The molecule has 0 aromatic rings. The molecule has 5 heteroatoms. The van der Waals surface area contributed by atoms with Crippen LogP contribution in [0.1, 0.15) is 13.8 Å². The third-order valence-corrected chi connectivity index (χ3v) is 2.70. The predicted octanol–water partition coefficient (Wildman–Crippen LogP) is 1.73. The number of rotatable bonds is 1. The van der Waals surface area contributed by atoms with Crippen molar-refractivity contribution in [3.8, 4) is 0 Å². The summed E-state index contributed by atoms with van der Waals surface area (Å²) in [6.07, 6.45) is 6.29. The molecule has 0 aromatic heterocycles. The molecule has 0 bridgehead atoms. The molecule has 0 aromatic carbocycles. The first-order valence-electron chi connectivity index (χ1n) is 5.74. The summed E-state index contributed by atoms with van der Waals surface area (Å²) in [5.41, 5.74) is 2.19. The highest BCUT2D eigenvalue weighted by molar-refractivity contribution is 6.10. The summed E-state index contributed by atoms with van der Waals surface area (Å²) in [5.74, 6) is -0.0929. The Morgan fingerprint density at radius 2 is 2.28 bits per heavy atom. The van der Waals surface area contributed by atoms with E-state index in [1.54, 1.807) is 25.2 Å². The number of carbonyl (C=O) groups excluding carboxylic acids is 2. The van der Waals surface area contributed by atoms with Gasteiger partial charge in [-0.1, -0.05) is 11.6 Å². The smallest absolute Gasteiger partial charge is 0.434 e. The van der Waals surface area contributed by atoms with Crippen LogP contribution < -0.4 is 5.32 Å². The maximum absolute atomic E-state index is 11.4. The van der Waals surface area contributed by atoms with Crippen LogP contribution in [0.2, 0.25) is 0 Å². The normalized spacial score (nSPS) is 24.0. The van der Waals surface area contributed by atoms with Crippen LogP contribution >= 0.6 is 0 Å². The lowest BCUT2D eigenvalue weighted by Crippen LogP contribution is -2.32. The van der Waals surface area contributed by atoms with Crippen LogP contribution in [0.15, 0.2) is 40.6 Å². The van der Waals surface area contributed by atoms with Crippen molar-refractivity contribution < 1.29 is 14.3 Å². The number of hydrogen-bond acceptors (Lipinski definition) is 3. The standard InChI is InChI=1S/C13H14N2O3/c1-3-18-13(17)14-9-4-5-10-8(2)6-12(16)15-11(10)7-9/h4-7,10H,3H2,1-2H3,(H,15,16)/b14-9+. The zero-order valence-electron chi connectivity index (χ0n) is 10.3. The Morgan fingerprint density at radius 1 is 1.50 bits per heavy atom. The number of ether oxygens (including phenoxy) is 1. The van der Waals surface area contributed by atoms with Gasteiger partial charge in [0.15, 0.2) is 0 Å². The van der Waals surface area contributed by atoms with Gasteiger partial charge in [0, 0.05) is 17.7 Å². The fourth-order valence-corrected chi connectivity index (χ4v) is 1.91. The molecule has 18 heavy (non-hydrogen) atoms. The zero-order chi connectivity index (χ0) is 13.1. The van der Waals surface area contributed by atoms with E-state index >= 15 is 0 Å². The van der Waals surface area contributed by atoms with Gasteiger partial charge in [-0.15, -0.1) is 0 Å². The van der Waals surface area contributed by atoms with Gasteiger partial charge in [-0.3, -0.25) is 4.79 Å². The topological polar surface area (TPSA) is 67.8 Å². The second kappa shape index (κ2) is 5.00. The third kappa shape index (κ3) is 2.56. The summed E-state index contributed by atoms with van der Waals surface area (Å²) in [4.78, 5) is 26.4. The highest BCUT2D eigenvalue weighted by Gasteiger charge is 2.23. The first kappa shape index (κ1) is 12.3. The van der Waals surface area contributed by atoms with Gasteiger partial charge in [-0.05, 0) is 26.0 Å². The number of carbonyl (C=O) groups is 2. The molecular weight excluding hydrogens is 232 g/mol. The number of hydrogen-bond donors (Lipinski definition) is 1. The zero-order valence-corrected chi connectivity index (χ0v) is 10.3. The van der Waals surface area contributed by atoms with Gasteiger partial charge in [0.25, 0.3) is 0 Å². The summed E-state index contributed by atoms with van der Waals surface area (Å²) in [7, 11) is 0. The van der Waals surface area contributed by atoms with E-state index in [-0.39, 0.29) is 18.4 Å². The van der Waals surface area contributed by atoms with Crippen LogP contribution in [0.5, 0.6) is 0 Å². The quantitative estimate of drug-likeness (QED) is 0.766. The fraction of sp³-hybridized carbons (Fsp3) is 0.308. The van der Waals surface area contributed by atoms with E-state index in [2.05, 4.69) is 10.3 Å². The lowest BCUT2D eigenvalue weighted by molar-refractivity contribution is -0.116. The Morgan fingerprint density at radius 3 is 3.00 bits per heavy atom. The maximum Gasteiger partial charge on any atom is 0.434 e. The Hall–Kier alpha value is -2.17. The van der Waals surface area contributed by atoms with Crippen molar-refractivity contribution in [2.24, 2.45) is 10.9 Å². The van der Waals surface area contributed by atoms with Crippen LogP contribution in [-0.4, -0.2) is 24.3 Å². The Labute approximate surface area is 105 Å². The van der Waals surface area contributed by atoms with Crippen molar-refractivity contribution in [3.05, 3.63) is 35.6 Å². The van der Waals surface area contributed by atoms with Crippen LogP contribution in [0, 0.1) is 5.92 Å². The molecule has 1 unspecified atom stereocenters. The number of nitrogens with zero attached hydrogens (tertiary/aromatic N) is 1. The van der Waals surface area contributed by atoms with Gasteiger partial charge in [0.05, 0.1) is 12.3 Å². The van der Waals surface area contributed by atoms with E-state index in [0.717, 1.165) is 11.3 Å². The van der Waals surface area contributed by atoms with Crippen LogP contribution in [0.3, 0.4) is 0 Å². The van der Waals surface area contributed by atoms with Crippen molar-refractivity contribution in [1.29, 1.82) is 0 Å². The van der Waals surface area contributed by atoms with E-state index < -0.39 is 6.09 Å². The molecule has 5 nitrogen and oxygen atoms in total. The van der Waals surface area contributed by atoms with Crippen molar-refractivity contribution in [2.45, 2.75) is 13.8 Å². The molecule has 0 saturated heterocycles. The lowest BCUT2D eigenvalue weighted by atomic mass is 9.89. The molecule has 0 saturated carbocycles. The van der Waals surface area contributed by atoms with Crippen LogP contribution in [0.25, 0.3) is 0 Å². The van der Waals surface area contributed by atoms with Crippen molar-refractivity contribution in [3.63, 3.8) is 0 Å². The molecule has 2 aliphatic rings. The summed E-state index contributed by atoms with van der Waals surface area (Å²) < 4.78 is 4.73. The van der Waals surface area contributed by atoms with E-state index in [1.165, 1.54) is 0 Å². The van der Waals surface area contributed by atoms with E-state index in [0.29, 0.717) is 5.71 Å². The minimum Gasteiger partial charge on any atom is -0.448 e. The summed E-state index contributed by atoms with van der Waals surface area (Å²) in [6, 6.07) is 0. The number of nitrogens with one attached hydrogen (secondary N) is 1. The van der Waals surface area contributed by atoms with Crippen molar-refractivity contribution in [2.75, 3.05) is 6.61 Å². The van der Waals surface area contributed by atoms with Gasteiger partial charge >= 0.3 is 6.09 Å². The molecule has 2 rings (SSSR count). The number of aliphatic imine (C=N–C) groups is 1. The minimum atomic E-state index is -0.623. The van der Waals surface area contributed by atoms with Gasteiger partial charge in [-0.2, -0.15) is 4.99 Å². The average molecular weight is 246 g/mol. The van der Waals surface area contributed by atoms with Gasteiger partial charge < -0.3 is 10.1 Å². The van der Waals surface area contributed by atoms with Gasteiger partial charge in [0.1, 0.15) is 0 Å². The Kier molecular flexibility index (Phi) is 3.41. The monoisotopic (exact) mass is 246 g/mol. The van der Waals surface area contributed by atoms with Crippen molar-refractivity contribution in [1.82, 2.24) is 5.32 Å². The van der Waals surface area contributed by atoms with Crippen LogP contribution in [-0.2, 0) is 9.53 Å². The molecular formula is C13H14N2O3. The molecule has 94 valence electrons. The third-order valence-electron chi connectivity index (χ3n) is 2.70.